The quantitative estimate of drug-likeness (QED) is 0.586. The van der Waals surface area contributed by atoms with Crippen LogP contribution in [0.25, 0.3) is 0 Å². The molecule has 0 aromatic rings. The molecule has 0 nitrogen and oxygen atoms in total. The zero-order chi connectivity index (χ0) is 4.50. The monoisotopic (exact) mass is 258 g/mol. The zero-order valence-electron chi connectivity index (χ0n) is 2.01. The third-order valence-corrected chi connectivity index (χ3v) is 0. The molecule has 0 heterocycles. The van der Waals surface area contributed by atoms with Crippen LogP contribution in [0.15, 0.2) is 0 Å². The van der Waals surface area contributed by atoms with Gasteiger partial charge in [0.2, 0.25) is 0 Å². The van der Waals surface area contributed by atoms with Gasteiger partial charge in [-0.05, 0) is 0 Å². The molecule has 0 saturated heterocycles. The van der Waals surface area contributed by atoms with Crippen molar-refractivity contribution < 1.29 is 0 Å². The molecule has 0 rings (SSSR count). The Balaban J connectivity index is 3.02. The Morgan fingerprint density at radius 1 is 1.20 bits per heavy atom. The molecule has 0 N–H and O–H groups in total. The fourth-order valence-corrected chi connectivity index (χ4v) is 0. The van der Waals surface area contributed by atoms with E-state index in [0.29, 0.717) is 0 Å². The van der Waals surface area contributed by atoms with Gasteiger partial charge in [0.05, 0.1) is 0 Å². The molecule has 0 atom stereocenters. The fourth-order valence-electron chi connectivity index (χ4n) is 0. The second-order valence-electron chi connectivity index (χ2n) is 0.429. The average Bonchev–Trinajstić information content (AvgIpc) is 0.722. The molecular weight excluding hydrogens is 259 g/mol. The van der Waals surface area contributed by atoms with Gasteiger partial charge in [-0.15, -0.1) is 0 Å². The maximum absolute atomic E-state index is 5.17. The molecule has 0 fully saturated rings. The second-order valence-corrected chi connectivity index (χ2v) is 27.4. The van der Waals surface area contributed by atoms with E-state index in [1.807, 2.05) is 0 Å². The van der Waals surface area contributed by atoms with E-state index in [0.717, 1.165) is 0 Å². The van der Waals surface area contributed by atoms with Gasteiger partial charge in [-0.2, -0.15) is 0 Å². The summed E-state index contributed by atoms with van der Waals surface area (Å²) in [4.78, 5) is 0. The summed E-state index contributed by atoms with van der Waals surface area (Å²) in [6.45, 7) is 0. The molecule has 5 heteroatoms. The van der Waals surface area contributed by atoms with Crippen molar-refractivity contribution in [1.82, 2.24) is 0 Å². The van der Waals surface area contributed by atoms with E-state index in [1.54, 1.807) is 0 Å². The van der Waals surface area contributed by atoms with Crippen molar-refractivity contribution in [2.45, 2.75) is 0 Å². The Kier molecular flexibility index (Phi) is 3.12. The molecule has 0 unspecified atom stereocenters. The molecular formula is BrCl3Ge. The first-order chi connectivity index (χ1) is 2.00. The zero-order valence-corrected chi connectivity index (χ0v) is 7.96. The summed E-state index contributed by atoms with van der Waals surface area (Å²) in [6.07, 6.45) is 0. The van der Waals surface area contributed by atoms with Crippen LogP contribution in [0.1, 0.15) is 0 Å². The Bertz CT molecular complexity index is 22.4. The predicted octanol–water partition coefficient (Wildman–Crippen LogP) is 2.53. The van der Waals surface area contributed by atoms with Gasteiger partial charge >= 0.3 is 52.7 Å². The number of hydrogen-bond donors (Lipinski definition) is 0. The van der Waals surface area contributed by atoms with E-state index >= 15 is 0 Å². The fraction of sp³-hybridized carbons (Fsp3) is 0. The van der Waals surface area contributed by atoms with Crippen LogP contribution in [0.3, 0.4) is 0 Å². The van der Waals surface area contributed by atoms with Crippen molar-refractivity contribution in [3.05, 3.63) is 0 Å². The molecule has 0 bridgehead atoms. The van der Waals surface area contributed by atoms with Gasteiger partial charge in [0.15, 0.2) is 0 Å². The second kappa shape index (κ2) is 2.26. The van der Waals surface area contributed by atoms with Crippen molar-refractivity contribution in [3.63, 3.8) is 0 Å². The van der Waals surface area contributed by atoms with Crippen LogP contribution in [-0.4, -0.2) is 8.64 Å². The van der Waals surface area contributed by atoms with Gasteiger partial charge in [-0.3, -0.25) is 0 Å². The summed E-state index contributed by atoms with van der Waals surface area (Å²) in [6, 6.07) is 0. The SMILES string of the molecule is [Cl][Ge]([Cl])([Cl])[Br]. The van der Waals surface area contributed by atoms with E-state index in [1.165, 1.54) is 0 Å². The van der Waals surface area contributed by atoms with Gasteiger partial charge in [0.1, 0.15) is 0 Å². The van der Waals surface area contributed by atoms with E-state index in [2.05, 4.69) is 14.0 Å². The minimum atomic E-state index is -2.77. The maximum atomic E-state index is 5.17. The Morgan fingerprint density at radius 3 is 1.20 bits per heavy atom. The molecule has 0 saturated carbocycles. The molecule has 0 spiro atoms. The number of halogens is 4. The van der Waals surface area contributed by atoms with Gasteiger partial charge in [0.25, 0.3) is 0 Å². The molecule has 0 aliphatic heterocycles. The third kappa shape index (κ3) is 24.9. The van der Waals surface area contributed by atoms with E-state index in [-0.39, 0.29) is 0 Å². The van der Waals surface area contributed by atoms with Crippen LogP contribution in [0, 0.1) is 0 Å². The summed E-state index contributed by atoms with van der Waals surface area (Å²) in [5, 5.41) is 0. The van der Waals surface area contributed by atoms with Crippen LogP contribution in [0.2, 0.25) is 0 Å². The Morgan fingerprint density at radius 2 is 1.20 bits per heavy atom. The van der Waals surface area contributed by atoms with Crippen LogP contribution in [-0.2, 0) is 0 Å². The topological polar surface area (TPSA) is 0 Å². The first kappa shape index (κ1) is 6.89. The molecule has 0 amide bonds. The third-order valence-electron chi connectivity index (χ3n) is 0. The number of hydrogen-bond acceptors (Lipinski definition) is 0. The van der Waals surface area contributed by atoms with Crippen molar-refractivity contribution in [1.29, 1.82) is 0 Å². The Labute approximate surface area is 52.3 Å². The summed E-state index contributed by atoms with van der Waals surface area (Å²) in [7, 11) is 12.7. The van der Waals surface area contributed by atoms with Crippen LogP contribution < -0.4 is 0 Å². The van der Waals surface area contributed by atoms with Gasteiger partial charge in [-0.1, -0.05) is 0 Å². The molecule has 0 aliphatic carbocycles. The molecule has 0 aliphatic rings. The minimum absolute atomic E-state index is 2.77. The molecule has 0 aromatic carbocycles. The van der Waals surface area contributed by atoms with Crippen molar-refractivity contribution in [2.24, 2.45) is 0 Å². The Hall–Kier alpha value is 1.89. The number of rotatable bonds is 0. The normalized spacial score (nSPS) is 12.0. The van der Waals surface area contributed by atoms with Crippen LogP contribution in [0.5, 0.6) is 0 Å². The summed E-state index contributed by atoms with van der Waals surface area (Å²) < 4.78 is 0. The van der Waals surface area contributed by atoms with E-state index in [9.17, 15) is 0 Å². The van der Waals surface area contributed by atoms with E-state index in [4.69, 9.17) is 30.0 Å². The van der Waals surface area contributed by atoms with Gasteiger partial charge < -0.3 is 0 Å². The molecule has 0 aromatic heterocycles. The van der Waals surface area contributed by atoms with Crippen LogP contribution >= 0.6 is 44.0 Å². The summed E-state index contributed by atoms with van der Waals surface area (Å²) in [5.74, 6) is 0. The molecule has 5 heavy (non-hydrogen) atoms. The van der Waals surface area contributed by atoms with Gasteiger partial charge in [0, 0.05) is 0 Å². The van der Waals surface area contributed by atoms with E-state index < -0.39 is 8.64 Å². The average molecular weight is 259 g/mol. The predicted molar refractivity (Wildman–Crippen MR) is 32.2 cm³/mol. The van der Waals surface area contributed by atoms with Crippen molar-refractivity contribution >= 4 is 52.7 Å². The first-order valence-electron chi connectivity index (χ1n) is 0.756. The summed E-state index contributed by atoms with van der Waals surface area (Å²) >= 11 is 2.86. The van der Waals surface area contributed by atoms with Crippen LogP contribution in [0.4, 0.5) is 0 Å². The summed E-state index contributed by atoms with van der Waals surface area (Å²) in [5.41, 5.74) is 0. The first-order valence-corrected chi connectivity index (χ1v) is 13.9. The van der Waals surface area contributed by atoms with Crippen molar-refractivity contribution in [2.75, 3.05) is 0 Å². The standard InChI is InChI=1S/BrCl3Ge/c1-5(2,3)4. The van der Waals surface area contributed by atoms with Crippen molar-refractivity contribution in [3.8, 4) is 0 Å². The van der Waals surface area contributed by atoms with Gasteiger partial charge in [-0.25, -0.2) is 0 Å². The molecule has 0 radical (unpaired) electrons. The molecule has 32 valence electrons.